The van der Waals surface area contributed by atoms with Gasteiger partial charge in [-0.25, -0.2) is 4.79 Å². The number of alkyl carbamates (subject to hydrolysis) is 1. The van der Waals surface area contributed by atoms with E-state index in [-0.39, 0.29) is 6.09 Å². The lowest BCUT2D eigenvalue weighted by molar-refractivity contribution is 0.121. The van der Waals surface area contributed by atoms with E-state index in [0.29, 0.717) is 24.5 Å². The van der Waals surface area contributed by atoms with Crippen LogP contribution in [-0.2, 0) is 4.74 Å². The molecule has 0 spiro atoms. The summed E-state index contributed by atoms with van der Waals surface area (Å²) < 4.78 is 5.10. The lowest BCUT2D eigenvalue weighted by Gasteiger charge is -2.37. The van der Waals surface area contributed by atoms with E-state index in [1.807, 2.05) is 6.92 Å². The van der Waals surface area contributed by atoms with Crippen LogP contribution in [0.15, 0.2) is 0 Å². The molecule has 0 bridgehead atoms. The first-order chi connectivity index (χ1) is 9.31. The van der Waals surface area contributed by atoms with Crippen molar-refractivity contribution in [1.29, 1.82) is 0 Å². The second-order valence-electron chi connectivity index (χ2n) is 6.19. The zero-order valence-corrected chi connectivity index (χ0v) is 12.3. The zero-order chi connectivity index (χ0) is 13.5. The molecule has 0 saturated heterocycles. The second-order valence-corrected chi connectivity index (χ2v) is 6.19. The minimum atomic E-state index is -0.205. The molecule has 2 aliphatic rings. The Hall–Kier alpha value is -0.730. The van der Waals surface area contributed by atoms with Crippen LogP contribution in [0.3, 0.4) is 0 Å². The van der Waals surface area contributed by atoms with Crippen LogP contribution in [0.25, 0.3) is 0 Å². The first-order valence-electron chi connectivity index (χ1n) is 8.24. The molecule has 1 amide bonds. The highest BCUT2D eigenvalue weighted by Crippen LogP contribution is 2.35. The number of ether oxygens (including phenoxy) is 1. The van der Waals surface area contributed by atoms with Crippen LogP contribution in [0.5, 0.6) is 0 Å². The van der Waals surface area contributed by atoms with Crippen molar-refractivity contribution in [2.45, 2.75) is 77.2 Å². The fourth-order valence-corrected chi connectivity index (χ4v) is 3.92. The summed E-state index contributed by atoms with van der Waals surface area (Å²) in [5, 5.41) is 3.20. The first-order valence-corrected chi connectivity index (χ1v) is 8.24. The van der Waals surface area contributed by atoms with Gasteiger partial charge in [0.15, 0.2) is 0 Å². The molecule has 2 fully saturated rings. The fourth-order valence-electron chi connectivity index (χ4n) is 3.92. The lowest BCUT2D eigenvalue weighted by Crippen LogP contribution is -2.46. The number of rotatable bonds is 4. The molecule has 3 heteroatoms. The number of nitrogens with one attached hydrogen (secondary N) is 1. The Kier molecular flexibility index (Phi) is 5.99. The van der Waals surface area contributed by atoms with E-state index < -0.39 is 0 Å². The van der Waals surface area contributed by atoms with Crippen LogP contribution in [0, 0.1) is 11.8 Å². The lowest BCUT2D eigenvalue weighted by atomic mass is 9.74. The predicted molar refractivity (Wildman–Crippen MR) is 77.1 cm³/mol. The second kappa shape index (κ2) is 7.76. The largest absolute Gasteiger partial charge is 0.450 e. The molecule has 3 nitrogen and oxygen atoms in total. The van der Waals surface area contributed by atoms with Gasteiger partial charge in [0.25, 0.3) is 0 Å². The Morgan fingerprint density at radius 1 is 1.00 bits per heavy atom. The van der Waals surface area contributed by atoms with Crippen molar-refractivity contribution in [1.82, 2.24) is 5.32 Å². The Labute approximate surface area is 117 Å². The highest BCUT2D eigenvalue weighted by Gasteiger charge is 2.32. The van der Waals surface area contributed by atoms with Crippen molar-refractivity contribution in [3.8, 4) is 0 Å². The molecule has 0 heterocycles. The molecule has 2 rings (SSSR count). The summed E-state index contributed by atoms with van der Waals surface area (Å²) in [7, 11) is 0. The highest BCUT2D eigenvalue weighted by molar-refractivity contribution is 5.67. The molecule has 0 aromatic rings. The van der Waals surface area contributed by atoms with Gasteiger partial charge in [0.1, 0.15) is 0 Å². The molecular weight excluding hydrogens is 238 g/mol. The maximum absolute atomic E-state index is 11.8. The van der Waals surface area contributed by atoms with Crippen molar-refractivity contribution < 1.29 is 9.53 Å². The van der Waals surface area contributed by atoms with Gasteiger partial charge in [0.2, 0.25) is 0 Å². The smallest absolute Gasteiger partial charge is 0.407 e. The summed E-state index contributed by atoms with van der Waals surface area (Å²) in [6.07, 6.45) is 13.0. The third kappa shape index (κ3) is 4.39. The summed E-state index contributed by atoms with van der Waals surface area (Å²) in [6, 6.07) is 0.361. The maximum atomic E-state index is 11.8. The third-order valence-electron chi connectivity index (χ3n) is 4.88. The van der Waals surface area contributed by atoms with Crippen LogP contribution in [0.2, 0.25) is 0 Å². The fraction of sp³-hybridized carbons (Fsp3) is 0.938. The number of hydrogen-bond donors (Lipinski definition) is 1. The molecule has 0 aliphatic heterocycles. The van der Waals surface area contributed by atoms with Crippen LogP contribution in [0.1, 0.15) is 71.1 Å². The SMILES string of the molecule is CCOC(=O)NC(C1CCCCC1)C1CCCCC1. The molecular formula is C16H29NO2. The Balaban J connectivity index is 1.96. The van der Waals surface area contributed by atoms with E-state index in [1.165, 1.54) is 64.2 Å². The Bertz CT molecular complexity index is 250. The van der Waals surface area contributed by atoms with E-state index in [2.05, 4.69) is 5.32 Å². The number of carbonyl (C=O) groups is 1. The first kappa shape index (κ1) is 14.7. The van der Waals surface area contributed by atoms with Crippen LogP contribution >= 0.6 is 0 Å². The van der Waals surface area contributed by atoms with Crippen LogP contribution in [0.4, 0.5) is 4.79 Å². The molecule has 110 valence electrons. The number of amides is 1. The van der Waals surface area contributed by atoms with Gasteiger partial charge >= 0.3 is 6.09 Å². The number of hydrogen-bond acceptors (Lipinski definition) is 2. The molecule has 0 aromatic heterocycles. The summed E-state index contributed by atoms with van der Waals surface area (Å²) in [5.41, 5.74) is 0. The quantitative estimate of drug-likeness (QED) is 0.826. The van der Waals surface area contributed by atoms with Crippen molar-refractivity contribution in [2.24, 2.45) is 11.8 Å². The normalized spacial score (nSPS) is 22.4. The number of carbonyl (C=O) groups excluding carboxylic acids is 1. The monoisotopic (exact) mass is 267 g/mol. The van der Waals surface area contributed by atoms with Gasteiger partial charge in [0, 0.05) is 6.04 Å². The topological polar surface area (TPSA) is 38.3 Å². The Morgan fingerprint density at radius 2 is 1.47 bits per heavy atom. The maximum Gasteiger partial charge on any atom is 0.407 e. The molecule has 0 unspecified atom stereocenters. The van der Waals surface area contributed by atoms with Gasteiger partial charge < -0.3 is 10.1 Å². The van der Waals surface area contributed by atoms with Crippen LogP contribution < -0.4 is 5.32 Å². The van der Waals surface area contributed by atoms with Gasteiger partial charge in [-0.15, -0.1) is 0 Å². The molecule has 0 aromatic carbocycles. The van der Waals surface area contributed by atoms with Crippen molar-refractivity contribution >= 4 is 6.09 Å². The highest BCUT2D eigenvalue weighted by atomic mass is 16.5. The van der Waals surface area contributed by atoms with Crippen LogP contribution in [-0.4, -0.2) is 18.7 Å². The Morgan fingerprint density at radius 3 is 1.89 bits per heavy atom. The molecule has 19 heavy (non-hydrogen) atoms. The van der Waals surface area contributed by atoms with E-state index in [9.17, 15) is 4.79 Å². The molecule has 0 atom stereocenters. The van der Waals surface area contributed by atoms with Crippen molar-refractivity contribution in [3.05, 3.63) is 0 Å². The third-order valence-corrected chi connectivity index (χ3v) is 4.88. The van der Waals surface area contributed by atoms with E-state index in [4.69, 9.17) is 4.74 Å². The van der Waals surface area contributed by atoms with Gasteiger partial charge in [-0.1, -0.05) is 38.5 Å². The molecule has 2 aliphatic carbocycles. The summed E-state index contributed by atoms with van der Waals surface area (Å²) in [4.78, 5) is 11.8. The minimum absolute atomic E-state index is 0.205. The van der Waals surface area contributed by atoms with Gasteiger partial charge in [-0.3, -0.25) is 0 Å². The molecule has 0 radical (unpaired) electrons. The predicted octanol–water partition coefficient (Wildman–Crippen LogP) is 4.26. The van der Waals surface area contributed by atoms with E-state index in [1.54, 1.807) is 0 Å². The van der Waals surface area contributed by atoms with Crippen molar-refractivity contribution in [2.75, 3.05) is 6.61 Å². The summed E-state index contributed by atoms with van der Waals surface area (Å²) in [6.45, 7) is 2.34. The van der Waals surface area contributed by atoms with Gasteiger partial charge in [-0.05, 0) is 44.4 Å². The average molecular weight is 267 g/mol. The summed E-state index contributed by atoms with van der Waals surface area (Å²) >= 11 is 0. The van der Waals surface area contributed by atoms with Crippen molar-refractivity contribution in [3.63, 3.8) is 0 Å². The zero-order valence-electron chi connectivity index (χ0n) is 12.3. The van der Waals surface area contributed by atoms with Gasteiger partial charge in [0.05, 0.1) is 6.61 Å². The summed E-state index contributed by atoms with van der Waals surface area (Å²) in [5.74, 6) is 1.36. The average Bonchev–Trinajstić information content (AvgIpc) is 2.47. The molecule has 1 N–H and O–H groups in total. The van der Waals surface area contributed by atoms with Gasteiger partial charge in [-0.2, -0.15) is 0 Å². The minimum Gasteiger partial charge on any atom is -0.450 e. The van der Waals surface area contributed by atoms with E-state index >= 15 is 0 Å². The van der Waals surface area contributed by atoms with E-state index in [0.717, 1.165) is 0 Å². The molecule has 2 saturated carbocycles. The standard InChI is InChI=1S/C16H29NO2/c1-2-19-16(18)17-15(13-9-5-3-6-10-13)14-11-7-4-8-12-14/h13-15H,2-12H2,1H3,(H,17,18).